The summed E-state index contributed by atoms with van der Waals surface area (Å²) in [4.78, 5) is 12.4. The number of hydrogen-bond donors (Lipinski definition) is 2. The van der Waals surface area contributed by atoms with Crippen LogP contribution in [0, 0.1) is 6.92 Å². The smallest absolute Gasteiger partial charge is 0.227 e. The van der Waals surface area contributed by atoms with Crippen molar-refractivity contribution in [2.24, 2.45) is 0 Å². The van der Waals surface area contributed by atoms with E-state index in [-0.39, 0.29) is 12.3 Å². The maximum atomic E-state index is 12.4. The van der Waals surface area contributed by atoms with Crippen LogP contribution in [-0.2, 0) is 16.8 Å². The lowest BCUT2D eigenvalue weighted by atomic mass is 9.92. The van der Waals surface area contributed by atoms with Crippen molar-refractivity contribution in [1.29, 1.82) is 0 Å². The van der Waals surface area contributed by atoms with Crippen molar-refractivity contribution in [2.45, 2.75) is 39.2 Å². The van der Waals surface area contributed by atoms with Crippen molar-refractivity contribution >= 4 is 11.6 Å². The van der Waals surface area contributed by atoms with Gasteiger partial charge in [-0.2, -0.15) is 0 Å². The van der Waals surface area contributed by atoms with Gasteiger partial charge in [0.2, 0.25) is 5.91 Å². The molecule has 0 spiro atoms. The predicted octanol–water partition coefficient (Wildman–Crippen LogP) is 3.79. The number of hydrogen-bond acceptors (Lipinski definition) is 2. The second-order valence-electron chi connectivity index (χ2n) is 5.83. The molecule has 1 atom stereocenters. The molecule has 0 aromatic heterocycles. The molecule has 2 aromatic carbocycles. The van der Waals surface area contributed by atoms with Gasteiger partial charge in [0, 0.05) is 5.69 Å². The fourth-order valence-corrected chi connectivity index (χ4v) is 2.60. The monoisotopic (exact) mass is 297 g/mol. The van der Waals surface area contributed by atoms with E-state index in [0.717, 1.165) is 28.8 Å². The van der Waals surface area contributed by atoms with E-state index in [1.165, 1.54) is 0 Å². The summed E-state index contributed by atoms with van der Waals surface area (Å²) in [5.41, 5.74) is 2.56. The molecular weight excluding hydrogens is 274 g/mol. The van der Waals surface area contributed by atoms with Crippen molar-refractivity contribution in [3.05, 3.63) is 65.2 Å². The molecule has 116 valence electrons. The molecule has 0 aliphatic carbocycles. The Morgan fingerprint density at radius 1 is 1.14 bits per heavy atom. The number of para-hydroxylation sites is 1. The fourth-order valence-electron chi connectivity index (χ4n) is 2.60. The molecule has 1 amide bonds. The second-order valence-corrected chi connectivity index (χ2v) is 5.83. The number of benzene rings is 2. The Balaban J connectivity index is 2.14. The third kappa shape index (κ3) is 3.74. The van der Waals surface area contributed by atoms with Gasteiger partial charge in [-0.1, -0.05) is 55.5 Å². The summed E-state index contributed by atoms with van der Waals surface area (Å²) in [6.07, 6.45) is 0.876. The molecule has 2 N–H and O–H groups in total. The van der Waals surface area contributed by atoms with Crippen LogP contribution in [0.15, 0.2) is 48.5 Å². The molecule has 0 fully saturated rings. The van der Waals surface area contributed by atoms with Crippen molar-refractivity contribution in [3.8, 4) is 0 Å². The molecule has 0 heterocycles. The van der Waals surface area contributed by atoms with E-state index < -0.39 is 5.60 Å². The van der Waals surface area contributed by atoms with Crippen LogP contribution in [0.1, 0.15) is 37.0 Å². The standard InChI is InChI=1S/C19H23NO2/c1-4-15-10-8-9-14(2)18(15)20-17(21)13-19(3,22)16-11-6-5-7-12-16/h5-12,22H,4,13H2,1-3H3,(H,20,21). The van der Waals surface area contributed by atoms with Crippen molar-refractivity contribution in [1.82, 2.24) is 0 Å². The lowest BCUT2D eigenvalue weighted by Crippen LogP contribution is -2.28. The highest BCUT2D eigenvalue weighted by atomic mass is 16.3. The van der Waals surface area contributed by atoms with E-state index in [1.807, 2.05) is 55.5 Å². The highest BCUT2D eigenvalue weighted by Crippen LogP contribution is 2.26. The van der Waals surface area contributed by atoms with Gasteiger partial charge in [0.25, 0.3) is 0 Å². The first kappa shape index (κ1) is 16.2. The van der Waals surface area contributed by atoms with Gasteiger partial charge in [0.15, 0.2) is 0 Å². The zero-order chi connectivity index (χ0) is 16.2. The molecule has 2 rings (SSSR count). The van der Waals surface area contributed by atoms with E-state index in [9.17, 15) is 9.90 Å². The number of aliphatic hydroxyl groups is 1. The predicted molar refractivity (Wildman–Crippen MR) is 89.8 cm³/mol. The quantitative estimate of drug-likeness (QED) is 0.882. The molecule has 0 bridgehead atoms. The summed E-state index contributed by atoms with van der Waals surface area (Å²) in [6.45, 7) is 5.70. The van der Waals surface area contributed by atoms with E-state index in [2.05, 4.69) is 12.2 Å². The molecule has 0 radical (unpaired) electrons. The third-order valence-corrected chi connectivity index (χ3v) is 3.90. The van der Waals surface area contributed by atoms with E-state index in [0.29, 0.717) is 0 Å². The van der Waals surface area contributed by atoms with Gasteiger partial charge in [0.1, 0.15) is 0 Å². The SMILES string of the molecule is CCc1cccc(C)c1NC(=O)CC(C)(O)c1ccccc1. The highest BCUT2D eigenvalue weighted by molar-refractivity contribution is 5.93. The molecule has 2 aromatic rings. The second kappa shape index (κ2) is 6.75. The Hall–Kier alpha value is -2.13. The highest BCUT2D eigenvalue weighted by Gasteiger charge is 2.26. The van der Waals surface area contributed by atoms with Crippen LogP contribution in [0.4, 0.5) is 5.69 Å². The van der Waals surface area contributed by atoms with Crippen LogP contribution in [0.3, 0.4) is 0 Å². The fraction of sp³-hybridized carbons (Fsp3) is 0.316. The van der Waals surface area contributed by atoms with E-state index in [4.69, 9.17) is 0 Å². The number of aryl methyl sites for hydroxylation is 2. The minimum absolute atomic E-state index is 0.0223. The summed E-state index contributed by atoms with van der Waals surface area (Å²) in [5.74, 6) is -0.183. The number of nitrogens with one attached hydrogen (secondary N) is 1. The van der Waals surface area contributed by atoms with Crippen LogP contribution in [0.25, 0.3) is 0 Å². The zero-order valence-corrected chi connectivity index (χ0v) is 13.4. The number of amides is 1. The van der Waals surface area contributed by atoms with Crippen LogP contribution in [-0.4, -0.2) is 11.0 Å². The van der Waals surface area contributed by atoms with Gasteiger partial charge in [0.05, 0.1) is 12.0 Å². The van der Waals surface area contributed by atoms with Crippen molar-refractivity contribution in [2.75, 3.05) is 5.32 Å². The van der Waals surface area contributed by atoms with Gasteiger partial charge in [-0.3, -0.25) is 4.79 Å². The number of anilines is 1. The van der Waals surface area contributed by atoms with Crippen LogP contribution in [0.5, 0.6) is 0 Å². The summed E-state index contributed by atoms with van der Waals surface area (Å²) < 4.78 is 0. The average molecular weight is 297 g/mol. The molecule has 0 saturated carbocycles. The zero-order valence-electron chi connectivity index (χ0n) is 13.4. The molecule has 0 saturated heterocycles. The van der Waals surface area contributed by atoms with E-state index >= 15 is 0 Å². The Bertz CT molecular complexity index is 648. The lowest BCUT2D eigenvalue weighted by molar-refractivity contribution is -0.120. The van der Waals surface area contributed by atoms with Crippen LogP contribution < -0.4 is 5.32 Å². The number of carbonyl (C=O) groups is 1. The van der Waals surface area contributed by atoms with Crippen molar-refractivity contribution < 1.29 is 9.90 Å². The van der Waals surface area contributed by atoms with Gasteiger partial charge in [-0.05, 0) is 37.0 Å². The molecule has 0 aliphatic rings. The summed E-state index contributed by atoms with van der Waals surface area (Å²) in [5, 5.41) is 13.5. The molecule has 3 heteroatoms. The maximum absolute atomic E-state index is 12.4. The molecule has 1 unspecified atom stereocenters. The Labute approximate surface area is 132 Å². The molecular formula is C19H23NO2. The first-order valence-electron chi connectivity index (χ1n) is 7.60. The van der Waals surface area contributed by atoms with Crippen molar-refractivity contribution in [3.63, 3.8) is 0 Å². The third-order valence-electron chi connectivity index (χ3n) is 3.90. The largest absolute Gasteiger partial charge is 0.385 e. The average Bonchev–Trinajstić information content (AvgIpc) is 2.49. The summed E-state index contributed by atoms with van der Waals surface area (Å²) in [7, 11) is 0. The Morgan fingerprint density at radius 2 is 1.82 bits per heavy atom. The summed E-state index contributed by atoms with van der Waals surface area (Å²) >= 11 is 0. The van der Waals surface area contributed by atoms with Gasteiger partial charge in [-0.25, -0.2) is 0 Å². The van der Waals surface area contributed by atoms with Gasteiger partial charge >= 0.3 is 0 Å². The first-order valence-corrected chi connectivity index (χ1v) is 7.60. The lowest BCUT2D eigenvalue weighted by Gasteiger charge is -2.24. The van der Waals surface area contributed by atoms with Crippen LogP contribution >= 0.6 is 0 Å². The minimum Gasteiger partial charge on any atom is -0.385 e. The topological polar surface area (TPSA) is 49.3 Å². The van der Waals surface area contributed by atoms with Gasteiger partial charge < -0.3 is 10.4 Å². The molecule has 3 nitrogen and oxygen atoms in total. The van der Waals surface area contributed by atoms with Crippen LogP contribution in [0.2, 0.25) is 0 Å². The van der Waals surface area contributed by atoms with E-state index in [1.54, 1.807) is 6.92 Å². The number of carbonyl (C=O) groups excluding carboxylic acids is 1. The molecule has 0 aliphatic heterocycles. The normalized spacial score (nSPS) is 13.5. The minimum atomic E-state index is -1.18. The summed E-state index contributed by atoms with van der Waals surface area (Å²) in [6, 6.07) is 15.3. The Morgan fingerprint density at radius 3 is 2.45 bits per heavy atom. The molecule has 22 heavy (non-hydrogen) atoms. The number of rotatable bonds is 5. The maximum Gasteiger partial charge on any atom is 0.227 e. The Kier molecular flexibility index (Phi) is 4.99. The first-order chi connectivity index (χ1) is 10.4. The van der Waals surface area contributed by atoms with Gasteiger partial charge in [-0.15, -0.1) is 0 Å².